The number of rotatable bonds is 7. The Morgan fingerprint density at radius 3 is 2.76 bits per heavy atom. The third-order valence-electron chi connectivity index (χ3n) is 6.13. The van der Waals surface area contributed by atoms with Crippen LogP contribution in [0.25, 0.3) is 22.4 Å². The van der Waals surface area contributed by atoms with E-state index in [1.807, 2.05) is 6.20 Å². The predicted octanol–water partition coefficient (Wildman–Crippen LogP) is 4.45. The van der Waals surface area contributed by atoms with Gasteiger partial charge in [0, 0.05) is 18.3 Å². The minimum absolute atomic E-state index is 0.826. The number of aryl methyl sites for hydroxylation is 2. The smallest absolute Gasteiger partial charge is 0.140 e. The topological polar surface area (TPSA) is 56.8 Å². The summed E-state index contributed by atoms with van der Waals surface area (Å²) < 4.78 is 0. The second-order valence-electron chi connectivity index (χ2n) is 8.67. The van der Waals surface area contributed by atoms with E-state index in [4.69, 9.17) is 4.98 Å². The average molecular weight is 392 g/mol. The molecule has 1 aliphatic rings. The first-order valence-corrected chi connectivity index (χ1v) is 10.9. The van der Waals surface area contributed by atoms with Crippen molar-refractivity contribution in [3.05, 3.63) is 47.3 Å². The van der Waals surface area contributed by atoms with Crippen LogP contribution < -0.4 is 5.32 Å². The third-order valence-corrected chi connectivity index (χ3v) is 6.13. The van der Waals surface area contributed by atoms with Gasteiger partial charge in [-0.1, -0.05) is 6.07 Å². The monoisotopic (exact) mass is 391 g/mol. The molecule has 0 atom stereocenters. The molecule has 0 bridgehead atoms. The molecule has 0 radical (unpaired) electrons. The summed E-state index contributed by atoms with van der Waals surface area (Å²) in [7, 11) is 2.23. The van der Waals surface area contributed by atoms with Gasteiger partial charge in [-0.2, -0.15) is 0 Å². The number of pyridine rings is 1. The molecule has 0 aliphatic carbocycles. The number of nitrogens with one attached hydrogen (secondary N) is 2. The second-order valence-corrected chi connectivity index (χ2v) is 8.67. The molecule has 0 spiro atoms. The van der Waals surface area contributed by atoms with Gasteiger partial charge in [0.05, 0.1) is 16.7 Å². The van der Waals surface area contributed by atoms with E-state index < -0.39 is 0 Å². The van der Waals surface area contributed by atoms with Gasteiger partial charge < -0.3 is 15.2 Å². The van der Waals surface area contributed by atoms with Crippen LogP contribution in [0.5, 0.6) is 0 Å². The molecule has 3 heterocycles. The molecular weight excluding hydrogens is 358 g/mol. The van der Waals surface area contributed by atoms with Crippen LogP contribution in [-0.4, -0.2) is 46.5 Å². The van der Waals surface area contributed by atoms with Gasteiger partial charge in [0.25, 0.3) is 0 Å². The zero-order valence-corrected chi connectivity index (χ0v) is 18.0. The molecule has 2 N–H and O–H groups in total. The lowest BCUT2D eigenvalue weighted by Crippen LogP contribution is -2.30. The Balaban J connectivity index is 1.27. The highest BCUT2D eigenvalue weighted by atomic mass is 15.1. The molecule has 1 saturated heterocycles. The van der Waals surface area contributed by atoms with E-state index in [9.17, 15) is 0 Å². The predicted molar refractivity (Wildman–Crippen MR) is 120 cm³/mol. The van der Waals surface area contributed by atoms with Crippen LogP contribution in [0, 0.1) is 19.8 Å². The highest BCUT2D eigenvalue weighted by molar-refractivity contribution is 5.82. The first-order chi connectivity index (χ1) is 14.1. The molecule has 29 heavy (non-hydrogen) atoms. The average Bonchev–Trinajstić information content (AvgIpc) is 3.14. The number of hydrogen-bond acceptors (Lipinski definition) is 4. The molecule has 154 valence electrons. The van der Waals surface area contributed by atoms with Crippen LogP contribution in [-0.2, 0) is 6.54 Å². The van der Waals surface area contributed by atoms with Crippen molar-refractivity contribution in [1.82, 2.24) is 25.2 Å². The lowest BCUT2D eigenvalue weighted by atomic mass is 9.92. The summed E-state index contributed by atoms with van der Waals surface area (Å²) in [6.45, 7) is 8.64. The summed E-state index contributed by atoms with van der Waals surface area (Å²) >= 11 is 0. The van der Waals surface area contributed by atoms with Crippen molar-refractivity contribution >= 4 is 11.0 Å². The number of nitrogens with zero attached hydrogens (tertiary/aromatic N) is 3. The molecule has 0 unspecified atom stereocenters. The first kappa shape index (κ1) is 20.0. The van der Waals surface area contributed by atoms with E-state index in [0.29, 0.717) is 0 Å². The number of piperidine rings is 1. The molecule has 1 aromatic carbocycles. The zero-order chi connectivity index (χ0) is 20.2. The first-order valence-electron chi connectivity index (χ1n) is 10.9. The summed E-state index contributed by atoms with van der Waals surface area (Å²) in [4.78, 5) is 15.3. The quantitative estimate of drug-likeness (QED) is 0.584. The number of fused-ring (bicyclic) bond motifs is 1. The fraction of sp³-hybridized carbons (Fsp3) is 0.500. The van der Waals surface area contributed by atoms with Crippen LogP contribution in [0.4, 0.5) is 0 Å². The van der Waals surface area contributed by atoms with E-state index in [1.165, 1.54) is 49.9 Å². The van der Waals surface area contributed by atoms with E-state index in [0.717, 1.165) is 47.1 Å². The summed E-state index contributed by atoms with van der Waals surface area (Å²) in [6.07, 6.45) is 7.25. The minimum atomic E-state index is 0.826. The SMILES string of the molecule is Cc1cc(C)c2nc(-c3ccc(CNCCCC4CCN(C)CC4)nc3)[nH]c2c1. The molecule has 5 heteroatoms. The second kappa shape index (κ2) is 9.06. The van der Waals surface area contributed by atoms with Gasteiger partial charge in [-0.25, -0.2) is 4.98 Å². The summed E-state index contributed by atoms with van der Waals surface area (Å²) in [5.41, 5.74) is 6.70. The summed E-state index contributed by atoms with van der Waals surface area (Å²) in [6, 6.07) is 8.54. The fourth-order valence-electron chi connectivity index (χ4n) is 4.36. The van der Waals surface area contributed by atoms with Crippen molar-refractivity contribution < 1.29 is 0 Å². The van der Waals surface area contributed by atoms with Gasteiger partial charge in [0.2, 0.25) is 0 Å². The third kappa shape index (κ3) is 5.03. The number of aromatic amines is 1. The fourth-order valence-corrected chi connectivity index (χ4v) is 4.36. The number of hydrogen-bond donors (Lipinski definition) is 2. The molecule has 5 nitrogen and oxygen atoms in total. The number of H-pyrrole nitrogens is 1. The highest BCUT2D eigenvalue weighted by Gasteiger charge is 2.15. The summed E-state index contributed by atoms with van der Waals surface area (Å²) in [5, 5.41) is 3.55. The number of likely N-dealkylation sites (tertiary alicyclic amines) is 1. The maximum absolute atomic E-state index is 4.77. The normalized spacial score (nSPS) is 16.0. The van der Waals surface area contributed by atoms with Gasteiger partial charge in [-0.3, -0.25) is 4.98 Å². The van der Waals surface area contributed by atoms with E-state index >= 15 is 0 Å². The molecule has 4 rings (SSSR count). The van der Waals surface area contributed by atoms with Crippen LogP contribution >= 0.6 is 0 Å². The van der Waals surface area contributed by atoms with E-state index in [2.05, 4.69) is 65.3 Å². The maximum Gasteiger partial charge on any atom is 0.140 e. The molecule has 1 fully saturated rings. The lowest BCUT2D eigenvalue weighted by Gasteiger charge is -2.28. The van der Waals surface area contributed by atoms with Gasteiger partial charge in [-0.15, -0.1) is 0 Å². The molecule has 3 aromatic rings. The van der Waals surface area contributed by atoms with Gasteiger partial charge >= 0.3 is 0 Å². The summed E-state index contributed by atoms with van der Waals surface area (Å²) in [5.74, 6) is 1.81. The maximum atomic E-state index is 4.77. The van der Waals surface area contributed by atoms with Gasteiger partial charge in [-0.05, 0) is 101 Å². The molecule has 0 amide bonds. The van der Waals surface area contributed by atoms with Gasteiger partial charge in [0.1, 0.15) is 5.82 Å². The Kier molecular flexibility index (Phi) is 6.26. The van der Waals surface area contributed by atoms with Crippen molar-refractivity contribution in [3.8, 4) is 11.4 Å². The Morgan fingerprint density at radius 2 is 2.00 bits per heavy atom. The number of benzene rings is 1. The lowest BCUT2D eigenvalue weighted by molar-refractivity contribution is 0.210. The van der Waals surface area contributed by atoms with E-state index in [1.54, 1.807) is 0 Å². The van der Waals surface area contributed by atoms with Gasteiger partial charge in [0.15, 0.2) is 0 Å². The molecule has 2 aromatic heterocycles. The van der Waals surface area contributed by atoms with Crippen molar-refractivity contribution in [3.63, 3.8) is 0 Å². The van der Waals surface area contributed by atoms with Crippen molar-refractivity contribution in [2.24, 2.45) is 5.92 Å². The Hall–Kier alpha value is -2.24. The van der Waals surface area contributed by atoms with Crippen LogP contribution in [0.3, 0.4) is 0 Å². The van der Waals surface area contributed by atoms with Crippen molar-refractivity contribution in [1.29, 1.82) is 0 Å². The van der Waals surface area contributed by atoms with E-state index in [-0.39, 0.29) is 0 Å². The van der Waals surface area contributed by atoms with Crippen molar-refractivity contribution in [2.45, 2.75) is 46.1 Å². The zero-order valence-electron chi connectivity index (χ0n) is 18.0. The highest BCUT2D eigenvalue weighted by Crippen LogP contribution is 2.24. The standard InChI is InChI=1S/C24H33N5/c1-17-13-18(2)23-22(14-17)27-24(28-23)20-6-7-21(26-15-20)16-25-10-4-5-19-8-11-29(3)12-9-19/h6-7,13-15,19,25H,4-5,8-12,16H2,1-3H3,(H,27,28). The number of imidazole rings is 1. The molecular formula is C24H33N5. The largest absolute Gasteiger partial charge is 0.338 e. The number of aromatic nitrogens is 3. The van der Waals surface area contributed by atoms with Crippen LogP contribution in [0.1, 0.15) is 42.5 Å². The Labute approximate surface area is 174 Å². The molecule has 0 saturated carbocycles. The Bertz CT molecular complexity index is 936. The van der Waals surface area contributed by atoms with Crippen LogP contribution in [0.15, 0.2) is 30.5 Å². The Morgan fingerprint density at radius 1 is 1.17 bits per heavy atom. The molecule has 1 aliphatic heterocycles. The van der Waals surface area contributed by atoms with Crippen LogP contribution in [0.2, 0.25) is 0 Å². The minimum Gasteiger partial charge on any atom is -0.338 e. The van der Waals surface area contributed by atoms with Crippen molar-refractivity contribution in [2.75, 3.05) is 26.7 Å².